The first-order valence-electron chi connectivity index (χ1n) is 9.93. The van der Waals surface area contributed by atoms with Gasteiger partial charge in [-0.2, -0.15) is 0 Å². The van der Waals surface area contributed by atoms with Gasteiger partial charge in [-0.25, -0.2) is 0 Å². The van der Waals surface area contributed by atoms with Crippen molar-refractivity contribution < 1.29 is 9.21 Å². The first kappa shape index (κ1) is 20.2. The van der Waals surface area contributed by atoms with Gasteiger partial charge in [0.2, 0.25) is 0 Å². The second kappa shape index (κ2) is 8.71. The van der Waals surface area contributed by atoms with Crippen LogP contribution < -0.4 is 0 Å². The average molecular weight is 418 g/mol. The Labute approximate surface area is 180 Å². The fraction of sp³-hybridized carbons (Fsp3) is 0.208. The van der Waals surface area contributed by atoms with Crippen molar-refractivity contribution in [1.29, 1.82) is 0 Å². The molecule has 0 N–H and O–H groups in total. The molecule has 0 spiro atoms. The van der Waals surface area contributed by atoms with Gasteiger partial charge in [0, 0.05) is 11.3 Å². The summed E-state index contributed by atoms with van der Waals surface area (Å²) in [6.45, 7) is 5.91. The maximum absolute atomic E-state index is 13.0. The molecule has 152 valence electrons. The molecular formula is C24H23N3O2S. The zero-order valence-corrected chi connectivity index (χ0v) is 18.0. The SMILES string of the molecule is CCc1ccc(C(=O)C(C)Sc2nnc(-c3ccoc3C)n2-c2ccccc2)cc1. The lowest BCUT2D eigenvalue weighted by molar-refractivity contribution is 0.0994. The third-order valence-corrected chi connectivity index (χ3v) is 6.09. The van der Waals surface area contributed by atoms with E-state index in [1.165, 1.54) is 17.3 Å². The maximum atomic E-state index is 13.0. The van der Waals surface area contributed by atoms with E-state index in [9.17, 15) is 4.79 Å². The summed E-state index contributed by atoms with van der Waals surface area (Å²) in [5, 5.41) is 9.21. The third kappa shape index (κ3) is 3.96. The Kier molecular flexibility index (Phi) is 5.86. The van der Waals surface area contributed by atoms with Gasteiger partial charge in [-0.15, -0.1) is 10.2 Å². The number of carbonyl (C=O) groups excluding carboxylic acids is 1. The van der Waals surface area contributed by atoms with E-state index in [1.54, 1.807) is 6.26 Å². The van der Waals surface area contributed by atoms with Crippen LogP contribution >= 0.6 is 11.8 Å². The molecule has 0 aliphatic carbocycles. The van der Waals surface area contributed by atoms with Crippen LogP contribution in [0.1, 0.15) is 35.5 Å². The highest BCUT2D eigenvalue weighted by Gasteiger charge is 2.23. The number of thioether (sulfide) groups is 1. The zero-order valence-electron chi connectivity index (χ0n) is 17.2. The largest absolute Gasteiger partial charge is 0.469 e. The Morgan fingerprint density at radius 2 is 1.80 bits per heavy atom. The highest BCUT2D eigenvalue weighted by atomic mass is 32.2. The number of carbonyl (C=O) groups is 1. The molecule has 0 saturated heterocycles. The molecule has 0 bridgehead atoms. The molecule has 4 rings (SSSR count). The van der Waals surface area contributed by atoms with Gasteiger partial charge in [-0.1, -0.05) is 61.2 Å². The number of aryl methyl sites for hydroxylation is 2. The number of aromatic nitrogens is 3. The third-order valence-electron chi connectivity index (χ3n) is 5.05. The molecule has 1 unspecified atom stereocenters. The van der Waals surface area contributed by atoms with E-state index in [0.29, 0.717) is 16.5 Å². The van der Waals surface area contributed by atoms with Crippen LogP contribution in [0.5, 0.6) is 0 Å². The molecular weight excluding hydrogens is 394 g/mol. The van der Waals surface area contributed by atoms with Crippen LogP contribution in [0.25, 0.3) is 17.1 Å². The second-order valence-electron chi connectivity index (χ2n) is 7.04. The topological polar surface area (TPSA) is 60.9 Å². The molecule has 1 atom stereocenters. The number of nitrogens with zero attached hydrogens (tertiary/aromatic N) is 3. The van der Waals surface area contributed by atoms with Gasteiger partial charge in [0.05, 0.1) is 17.1 Å². The van der Waals surface area contributed by atoms with E-state index in [-0.39, 0.29) is 11.0 Å². The number of Topliss-reactive ketones (excluding diaryl/α,β-unsaturated/α-hetero) is 1. The molecule has 2 heterocycles. The molecule has 5 nitrogen and oxygen atoms in total. The van der Waals surface area contributed by atoms with Crippen molar-refractivity contribution in [3.05, 3.63) is 83.8 Å². The monoisotopic (exact) mass is 417 g/mol. The predicted molar refractivity (Wildman–Crippen MR) is 119 cm³/mol. The molecule has 0 amide bonds. The fourth-order valence-corrected chi connectivity index (χ4v) is 4.24. The summed E-state index contributed by atoms with van der Waals surface area (Å²) in [7, 11) is 0. The van der Waals surface area contributed by atoms with E-state index in [2.05, 4.69) is 17.1 Å². The highest BCUT2D eigenvalue weighted by Crippen LogP contribution is 2.32. The van der Waals surface area contributed by atoms with E-state index in [0.717, 1.165) is 23.4 Å². The Morgan fingerprint density at radius 3 is 2.43 bits per heavy atom. The fourth-order valence-electron chi connectivity index (χ4n) is 3.30. The summed E-state index contributed by atoms with van der Waals surface area (Å²) in [5.41, 5.74) is 3.75. The first-order chi connectivity index (χ1) is 14.6. The van der Waals surface area contributed by atoms with Crippen molar-refractivity contribution in [3.63, 3.8) is 0 Å². The number of hydrogen-bond donors (Lipinski definition) is 0. The summed E-state index contributed by atoms with van der Waals surface area (Å²) in [5.74, 6) is 1.55. The van der Waals surface area contributed by atoms with Crippen molar-refractivity contribution in [2.24, 2.45) is 0 Å². The van der Waals surface area contributed by atoms with Gasteiger partial charge in [0.15, 0.2) is 16.8 Å². The lowest BCUT2D eigenvalue weighted by Gasteiger charge is -2.13. The molecule has 2 aromatic heterocycles. The lowest BCUT2D eigenvalue weighted by atomic mass is 10.1. The van der Waals surface area contributed by atoms with Crippen molar-refractivity contribution in [2.45, 2.75) is 37.6 Å². The maximum Gasteiger partial charge on any atom is 0.196 e. The number of para-hydroxylation sites is 1. The predicted octanol–water partition coefficient (Wildman–Crippen LogP) is 5.76. The molecule has 4 aromatic rings. The number of furan rings is 1. The number of benzene rings is 2. The summed E-state index contributed by atoms with van der Waals surface area (Å²) in [6, 6.07) is 19.6. The van der Waals surface area contributed by atoms with E-state index < -0.39 is 0 Å². The van der Waals surface area contributed by atoms with Crippen LogP contribution in [0.4, 0.5) is 0 Å². The molecule has 2 aromatic carbocycles. The molecule has 0 radical (unpaired) electrons. The Morgan fingerprint density at radius 1 is 1.07 bits per heavy atom. The van der Waals surface area contributed by atoms with Gasteiger partial charge in [0.25, 0.3) is 0 Å². The summed E-state index contributed by atoms with van der Waals surface area (Å²) in [4.78, 5) is 13.0. The summed E-state index contributed by atoms with van der Waals surface area (Å²) in [6.07, 6.45) is 2.60. The minimum atomic E-state index is -0.303. The Bertz CT molecular complexity index is 1150. The van der Waals surface area contributed by atoms with E-state index in [1.807, 2.05) is 79.1 Å². The Balaban J connectivity index is 1.68. The Hall–Kier alpha value is -3.12. The molecule has 0 saturated carbocycles. The van der Waals surface area contributed by atoms with Crippen molar-refractivity contribution in [1.82, 2.24) is 14.8 Å². The molecule has 0 fully saturated rings. The minimum absolute atomic E-state index is 0.0753. The van der Waals surface area contributed by atoms with Crippen molar-refractivity contribution in [3.8, 4) is 17.1 Å². The van der Waals surface area contributed by atoms with E-state index in [4.69, 9.17) is 4.42 Å². The van der Waals surface area contributed by atoms with Crippen LogP contribution in [0.3, 0.4) is 0 Å². The molecule has 30 heavy (non-hydrogen) atoms. The van der Waals surface area contributed by atoms with Crippen LogP contribution in [0.15, 0.2) is 76.5 Å². The van der Waals surface area contributed by atoms with Crippen LogP contribution in [-0.2, 0) is 6.42 Å². The normalized spacial score (nSPS) is 12.1. The smallest absolute Gasteiger partial charge is 0.196 e. The minimum Gasteiger partial charge on any atom is -0.469 e. The van der Waals surface area contributed by atoms with Gasteiger partial charge in [-0.3, -0.25) is 9.36 Å². The van der Waals surface area contributed by atoms with Gasteiger partial charge >= 0.3 is 0 Å². The molecule has 0 aliphatic rings. The number of hydrogen-bond acceptors (Lipinski definition) is 5. The number of rotatable bonds is 7. The number of ketones is 1. The van der Waals surface area contributed by atoms with Gasteiger partial charge in [-0.05, 0) is 44.0 Å². The average Bonchev–Trinajstić information content (AvgIpc) is 3.39. The zero-order chi connectivity index (χ0) is 21.1. The van der Waals surface area contributed by atoms with Crippen LogP contribution in [0, 0.1) is 6.92 Å². The van der Waals surface area contributed by atoms with Crippen LogP contribution in [-0.4, -0.2) is 25.8 Å². The molecule has 0 aliphatic heterocycles. The summed E-state index contributed by atoms with van der Waals surface area (Å²) >= 11 is 1.41. The lowest BCUT2D eigenvalue weighted by Crippen LogP contribution is -2.14. The summed E-state index contributed by atoms with van der Waals surface area (Å²) < 4.78 is 7.45. The second-order valence-corrected chi connectivity index (χ2v) is 8.35. The van der Waals surface area contributed by atoms with Gasteiger partial charge < -0.3 is 4.42 Å². The highest BCUT2D eigenvalue weighted by molar-refractivity contribution is 8.00. The van der Waals surface area contributed by atoms with E-state index >= 15 is 0 Å². The standard InChI is InChI=1S/C24H23N3O2S/c1-4-18-10-12-19(13-11-18)22(28)17(3)30-24-26-25-23(21-14-15-29-16(21)2)27(24)20-8-6-5-7-9-20/h5-15,17H,4H2,1-3H3. The van der Waals surface area contributed by atoms with Crippen LogP contribution in [0.2, 0.25) is 0 Å². The first-order valence-corrected chi connectivity index (χ1v) is 10.8. The quantitative estimate of drug-likeness (QED) is 0.282. The van der Waals surface area contributed by atoms with Crippen molar-refractivity contribution >= 4 is 17.5 Å². The van der Waals surface area contributed by atoms with Gasteiger partial charge in [0.1, 0.15) is 5.76 Å². The van der Waals surface area contributed by atoms with Crippen molar-refractivity contribution in [2.75, 3.05) is 0 Å². The molecule has 6 heteroatoms.